The van der Waals surface area contributed by atoms with Crippen molar-refractivity contribution < 1.29 is 19.1 Å². The lowest BCUT2D eigenvalue weighted by atomic mass is 10.0. The van der Waals surface area contributed by atoms with Gasteiger partial charge in [0.15, 0.2) is 0 Å². The maximum atomic E-state index is 15.4. The number of carboxylic acid groups (broad SMARTS) is 1. The number of amides is 1. The summed E-state index contributed by atoms with van der Waals surface area (Å²) in [6.07, 6.45) is 7.13. The molecule has 0 unspecified atom stereocenters. The topological polar surface area (TPSA) is 88.3 Å². The number of aliphatic carboxylic acids is 1. The summed E-state index contributed by atoms with van der Waals surface area (Å²) in [5, 5.41) is 14.2. The Labute approximate surface area is 218 Å². The molecule has 0 saturated heterocycles. The minimum Gasteiger partial charge on any atom is -0.478 e. The van der Waals surface area contributed by atoms with Crippen molar-refractivity contribution >= 4 is 34.5 Å². The Morgan fingerprint density at radius 2 is 1.74 bits per heavy atom. The van der Waals surface area contributed by atoms with Crippen LogP contribution in [-0.2, 0) is 18.4 Å². The number of aryl methyl sites for hydroxylation is 1. The molecule has 5 rings (SSSR count). The van der Waals surface area contributed by atoms with E-state index in [2.05, 4.69) is 10.1 Å². The molecule has 1 amide bonds. The lowest BCUT2D eigenvalue weighted by Crippen LogP contribution is -2.31. The van der Waals surface area contributed by atoms with Crippen LogP contribution >= 0.6 is 0 Å². The average Bonchev–Trinajstić information content (AvgIpc) is 3.31. The Kier molecular flexibility index (Phi) is 6.78. The SMILES string of the molecule is Cn1ncc2cc(-c3ccc(CN(C(=O)c4ccccc4)c4cncc(/C=C/C(=O)O)c4)c(F)c3)ccc21. The molecule has 0 saturated carbocycles. The fraction of sp³-hybridized carbons (Fsp3) is 0.0667. The van der Waals surface area contributed by atoms with Crippen molar-refractivity contribution in [2.24, 2.45) is 7.05 Å². The molecule has 3 aromatic carbocycles. The minimum absolute atomic E-state index is 0.0464. The first-order valence-corrected chi connectivity index (χ1v) is 11.8. The number of fused-ring (bicyclic) bond motifs is 1. The first kappa shape index (κ1) is 24.6. The molecule has 0 spiro atoms. The summed E-state index contributed by atoms with van der Waals surface area (Å²) in [6.45, 7) is -0.0464. The predicted octanol–water partition coefficient (Wildman–Crippen LogP) is 5.72. The van der Waals surface area contributed by atoms with E-state index >= 15 is 4.39 Å². The van der Waals surface area contributed by atoms with Crippen molar-refractivity contribution in [2.45, 2.75) is 6.54 Å². The smallest absolute Gasteiger partial charge is 0.328 e. The number of nitrogens with zero attached hydrogens (tertiary/aromatic N) is 4. The summed E-state index contributed by atoms with van der Waals surface area (Å²) in [5.41, 5.74) is 4.22. The Balaban J connectivity index is 1.49. The van der Waals surface area contributed by atoms with Crippen LogP contribution in [0.15, 0.2) is 97.5 Å². The fourth-order valence-corrected chi connectivity index (χ4v) is 4.24. The zero-order valence-electron chi connectivity index (χ0n) is 20.5. The van der Waals surface area contributed by atoms with Crippen molar-refractivity contribution in [1.82, 2.24) is 14.8 Å². The maximum Gasteiger partial charge on any atom is 0.328 e. The highest BCUT2D eigenvalue weighted by molar-refractivity contribution is 6.06. The molecule has 5 aromatic rings. The molecule has 188 valence electrons. The summed E-state index contributed by atoms with van der Waals surface area (Å²) in [4.78, 5) is 30.0. The van der Waals surface area contributed by atoms with Crippen LogP contribution in [0.4, 0.5) is 10.1 Å². The third-order valence-corrected chi connectivity index (χ3v) is 6.20. The normalized spacial score (nSPS) is 11.2. The second-order valence-corrected chi connectivity index (χ2v) is 8.75. The van der Waals surface area contributed by atoms with Gasteiger partial charge >= 0.3 is 5.97 Å². The van der Waals surface area contributed by atoms with Gasteiger partial charge in [0.05, 0.1) is 30.1 Å². The monoisotopic (exact) mass is 506 g/mol. The van der Waals surface area contributed by atoms with Crippen LogP contribution in [0.3, 0.4) is 0 Å². The van der Waals surface area contributed by atoms with E-state index in [1.807, 2.05) is 31.3 Å². The molecule has 0 fully saturated rings. The van der Waals surface area contributed by atoms with Gasteiger partial charge in [0.2, 0.25) is 0 Å². The summed E-state index contributed by atoms with van der Waals surface area (Å²) >= 11 is 0. The Morgan fingerprint density at radius 1 is 0.974 bits per heavy atom. The van der Waals surface area contributed by atoms with Crippen LogP contribution in [0.1, 0.15) is 21.5 Å². The van der Waals surface area contributed by atoms with E-state index in [0.29, 0.717) is 27.9 Å². The lowest BCUT2D eigenvalue weighted by Gasteiger charge is -2.23. The molecular weight excluding hydrogens is 483 g/mol. The zero-order chi connectivity index (χ0) is 26.6. The van der Waals surface area contributed by atoms with Crippen molar-refractivity contribution in [1.29, 1.82) is 0 Å². The number of hydrogen-bond donors (Lipinski definition) is 1. The maximum absolute atomic E-state index is 15.4. The zero-order valence-corrected chi connectivity index (χ0v) is 20.5. The van der Waals surface area contributed by atoms with Gasteiger partial charge in [-0.1, -0.05) is 36.4 Å². The van der Waals surface area contributed by atoms with Gasteiger partial charge in [-0.2, -0.15) is 5.10 Å². The second kappa shape index (κ2) is 10.5. The number of aromatic nitrogens is 3. The molecule has 38 heavy (non-hydrogen) atoms. The largest absolute Gasteiger partial charge is 0.478 e. The predicted molar refractivity (Wildman–Crippen MR) is 144 cm³/mol. The Morgan fingerprint density at radius 3 is 2.50 bits per heavy atom. The first-order chi connectivity index (χ1) is 18.4. The van der Waals surface area contributed by atoms with E-state index in [-0.39, 0.29) is 12.5 Å². The quantitative estimate of drug-likeness (QED) is 0.285. The second-order valence-electron chi connectivity index (χ2n) is 8.75. The number of benzene rings is 3. The van der Waals surface area contributed by atoms with Crippen LogP contribution in [0.25, 0.3) is 28.1 Å². The molecule has 0 aliphatic heterocycles. The van der Waals surface area contributed by atoms with E-state index < -0.39 is 11.8 Å². The Bertz CT molecular complexity index is 1680. The molecule has 0 aliphatic carbocycles. The van der Waals surface area contributed by atoms with Crippen LogP contribution in [0.2, 0.25) is 0 Å². The van der Waals surface area contributed by atoms with E-state index in [1.54, 1.807) is 53.3 Å². The lowest BCUT2D eigenvalue weighted by molar-refractivity contribution is -0.131. The molecular formula is C30H23FN4O3. The van der Waals surface area contributed by atoms with Crippen molar-refractivity contribution in [3.63, 3.8) is 0 Å². The molecule has 1 N–H and O–H groups in total. The highest BCUT2D eigenvalue weighted by atomic mass is 19.1. The number of rotatable bonds is 7. The van der Waals surface area contributed by atoms with E-state index in [0.717, 1.165) is 22.5 Å². The highest BCUT2D eigenvalue weighted by Gasteiger charge is 2.20. The van der Waals surface area contributed by atoms with Gasteiger partial charge in [0, 0.05) is 35.8 Å². The summed E-state index contributed by atoms with van der Waals surface area (Å²) in [6, 6.07) is 21.1. The number of carbonyl (C=O) groups excluding carboxylic acids is 1. The third-order valence-electron chi connectivity index (χ3n) is 6.20. The molecule has 8 heteroatoms. The summed E-state index contributed by atoms with van der Waals surface area (Å²) in [5.74, 6) is -1.88. The highest BCUT2D eigenvalue weighted by Crippen LogP contribution is 2.28. The van der Waals surface area contributed by atoms with Crippen molar-refractivity contribution in [3.05, 3.63) is 120 Å². The average molecular weight is 507 g/mol. The van der Waals surface area contributed by atoms with Gasteiger partial charge in [0.1, 0.15) is 5.82 Å². The van der Waals surface area contributed by atoms with Crippen LogP contribution < -0.4 is 4.90 Å². The van der Waals surface area contributed by atoms with E-state index in [1.165, 1.54) is 29.4 Å². The number of carboxylic acids is 1. The number of hydrogen-bond acceptors (Lipinski definition) is 4. The number of pyridine rings is 1. The molecule has 0 aliphatic rings. The van der Waals surface area contributed by atoms with Gasteiger partial charge < -0.3 is 10.0 Å². The fourth-order valence-electron chi connectivity index (χ4n) is 4.24. The van der Waals surface area contributed by atoms with Gasteiger partial charge in [-0.15, -0.1) is 0 Å². The van der Waals surface area contributed by atoms with Crippen LogP contribution in [-0.4, -0.2) is 31.7 Å². The summed E-state index contributed by atoms with van der Waals surface area (Å²) in [7, 11) is 1.87. The molecule has 0 bridgehead atoms. The van der Waals surface area contributed by atoms with Crippen molar-refractivity contribution in [2.75, 3.05) is 4.90 Å². The van der Waals surface area contributed by atoms with Crippen LogP contribution in [0, 0.1) is 5.82 Å². The molecule has 0 atom stereocenters. The molecule has 2 aromatic heterocycles. The summed E-state index contributed by atoms with van der Waals surface area (Å²) < 4.78 is 17.2. The Hall–Kier alpha value is -5.11. The molecule has 0 radical (unpaired) electrons. The molecule has 7 nitrogen and oxygen atoms in total. The van der Waals surface area contributed by atoms with Gasteiger partial charge in [0.25, 0.3) is 5.91 Å². The van der Waals surface area contributed by atoms with Gasteiger partial charge in [-0.3, -0.25) is 14.5 Å². The number of carbonyl (C=O) groups is 2. The van der Waals surface area contributed by atoms with E-state index in [4.69, 9.17) is 5.11 Å². The first-order valence-electron chi connectivity index (χ1n) is 11.8. The van der Waals surface area contributed by atoms with Gasteiger partial charge in [-0.05, 0) is 59.2 Å². The van der Waals surface area contributed by atoms with E-state index in [9.17, 15) is 9.59 Å². The van der Waals surface area contributed by atoms with Gasteiger partial charge in [-0.25, -0.2) is 9.18 Å². The van der Waals surface area contributed by atoms with Crippen molar-refractivity contribution in [3.8, 4) is 11.1 Å². The number of halogens is 1. The minimum atomic E-state index is -1.10. The van der Waals surface area contributed by atoms with Crippen LogP contribution in [0.5, 0.6) is 0 Å². The standard InChI is InChI=1S/C30H23FN4O3/c1-34-28-11-10-22(14-25(28)17-33-34)23-8-9-24(27(31)15-23)19-35(30(38)21-5-3-2-4-6-21)26-13-20(16-32-18-26)7-12-29(36)37/h2-18H,19H2,1H3,(H,36,37)/b12-7+. The molecule has 2 heterocycles. The third kappa shape index (κ3) is 5.19. The number of anilines is 1.